The van der Waals surface area contributed by atoms with Crippen LogP contribution in [-0.4, -0.2) is 26.7 Å². The second kappa shape index (κ2) is 4.77. The van der Waals surface area contributed by atoms with E-state index in [1.165, 1.54) is 12.8 Å². The van der Waals surface area contributed by atoms with Gasteiger partial charge in [-0.1, -0.05) is 12.8 Å². The van der Waals surface area contributed by atoms with Crippen LogP contribution in [-0.2, 0) is 7.05 Å². The summed E-state index contributed by atoms with van der Waals surface area (Å²) >= 11 is 0. The van der Waals surface area contributed by atoms with Crippen molar-refractivity contribution in [3.05, 3.63) is 17.3 Å². The van der Waals surface area contributed by atoms with Crippen molar-refractivity contribution >= 4 is 22.8 Å². The van der Waals surface area contributed by atoms with Gasteiger partial charge in [-0.2, -0.15) is 5.10 Å². The number of carbonyl (C=O) groups is 1. The predicted molar refractivity (Wildman–Crippen MR) is 77.4 cm³/mol. The van der Waals surface area contributed by atoms with Crippen molar-refractivity contribution in [2.45, 2.75) is 38.6 Å². The van der Waals surface area contributed by atoms with Crippen LogP contribution in [0.15, 0.2) is 6.07 Å². The molecule has 0 atom stereocenters. The summed E-state index contributed by atoms with van der Waals surface area (Å²) in [6.07, 6.45) is 4.46. The monoisotopic (exact) mass is 273 g/mol. The van der Waals surface area contributed by atoms with Gasteiger partial charge in [0.15, 0.2) is 5.65 Å². The molecule has 20 heavy (non-hydrogen) atoms. The molecule has 1 saturated carbocycles. The van der Waals surface area contributed by atoms with Crippen molar-refractivity contribution in [3.63, 3.8) is 0 Å². The van der Waals surface area contributed by atoms with Gasteiger partial charge in [0.2, 0.25) is 0 Å². The average molecular weight is 273 g/mol. The molecule has 106 valence electrons. The maximum Gasteiger partial charge on any atom is 0.255 e. The predicted octanol–water partition coefficient (Wildman–Crippen LogP) is 1.53. The SMILES string of the molecule is Cc1nn(C)c2nc(N)c(C(=O)NC3CCCC3)cc12. The zero-order valence-electron chi connectivity index (χ0n) is 11.8. The molecule has 0 aliphatic heterocycles. The average Bonchev–Trinajstić information content (AvgIpc) is 2.98. The molecule has 2 aromatic heterocycles. The molecular formula is C14H19N5O. The first-order chi connectivity index (χ1) is 9.56. The van der Waals surface area contributed by atoms with Crippen molar-refractivity contribution in [2.24, 2.45) is 7.05 Å². The van der Waals surface area contributed by atoms with Crippen molar-refractivity contribution in [3.8, 4) is 0 Å². The molecule has 2 aromatic rings. The Morgan fingerprint density at radius 1 is 1.45 bits per heavy atom. The number of hydrogen-bond donors (Lipinski definition) is 2. The molecule has 0 aromatic carbocycles. The number of nitrogens with two attached hydrogens (primary N) is 1. The van der Waals surface area contributed by atoms with Crippen LogP contribution in [0, 0.1) is 6.92 Å². The van der Waals surface area contributed by atoms with E-state index in [4.69, 9.17) is 5.73 Å². The van der Waals surface area contributed by atoms with Crippen molar-refractivity contribution < 1.29 is 4.79 Å². The van der Waals surface area contributed by atoms with E-state index in [9.17, 15) is 4.79 Å². The van der Waals surface area contributed by atoms with E-state index in [0.717, 1.165) is 23.9 Å². The third kappa shape index (κ3) is 2.11. The zero-order valence-corrected chi connectivity index (χ0v) is 11.8. The second-order valence-corrected chi connectivity index (χ2v) is 5.46. The Morgan fingerprint density at radius 3 is 2.85 bits per heavy atom. The van der Waals surface area contributed by atoms with Crippen molar-refractivity contribution in [1.82, 2.24) is 20.1 Å². The van der Waals surface area contributed by atoms with E-state index in [0.29, 0.717) is 11.2 Å². The minimum atomic E-state index is -0.132. The first kappa shape index (κ1) is 12.9. The van der Waals surface area contributed by atoms with E-state index in [1.807, 2.05) is 14.0 Å². The lowest BCUT2D eigenvalue weighted by atomic mass is 10.1. The highest BCUT2D eigenvalue weighted by atomic mass is 16.1. The fraction of sp³-hybridized carbons (Fsp3) is 0.500. The quantitative estimate of drug-likeness (QED) is 0.869. The van der Waals surface area contributed by atoms with E-state index in [1.54, 1.807) is 10.7 Å². The van der Waals surface area contributed by atoms with Crippen LogP contribution < -0.4 is 11.1 Å². The number of nitrogens with one attached hydrogen (secondary N) is 1. The number of nitrogens with zero attached hydrogens (tertiary/aromatic N) is 3. The molecule has 1 aliphatic carbocycles. The molecule has 1 fully saturated rings. The van der Waals surface area contributed by atoms with Crippen molar-refractivity contribution in [2.75, 3.05) is 5.73 Å². The van der Waals surface area contributed by atoms with E-state index < -0.39 is 0 Å². The summed E-state index contributed by atoms with van der Waals surface area (Å²) in [6.45, 7) is 1.90. The molecule has 0 radical (unpaired) electrons. The van der Waals surface area contributed by atoms with Gasteiger partial charge in [0.05, 0.1) is 11.3 Å². The van der Waals surface area contributed by atoms with Crippen LogP contribution in [0.25, 0.3) is 11.0 Å². The Bertz CT molecular complexity index is 670. The summed E-state index contributed by atoms with van der Waals surface area (Å²) in [4.78, 5) is 16.6. The lowest BCUT2D eigenvalue weighted by Crippen LogP contribution is -2.33. The van der Waals surface area contributed by atoms with Gasteiger partial charge in [-0.15, -0.1) is 0 Å². The summed E-state index contributed by atoms with van der Waals surface area (Å²) in [5, 5.41) is 8.22. The summed E-state index contributed by atoms with van der Waals surface area (Å²) in [7, 11) is 1.82. The van der Waals surface area contributed by atoms with Gasteiger partial charge in [-0.3, -0.25) is 9.48 Å². The molecule has 2 heterocycles. The highest BCUT2D eigenvalue weighted by Gasteiger charge is 2.21. The molecule has 6 heteroatoms. The lowest BCUT2D eigenvalue weighted by molar-refractivity contribution is 0.0938. The first-order valence-corrected chi connectivity index (χ1v) is 6.97. The van der Waals surface area contributed by atoms with E-state index in [-0.39, 0.29) is 17.8 Å². The Balaban J connectivity index is 1.95. The van der Waals surface area contributed by atoms with Gasteiger partial charge in [-0.05, 0) is 25.8 Å². The standard InChI is InChI=1S/C14H19N5O/c1-8-10-7-11(12(15)17-13(10)19(2)18-8)14(20)16-9-5-3-4-6-9/h7,9H,3-6H2,1-2H3,(H2,15,17)(H,16,20). The van der Waals surface area contributed by atoms with Crippen LogP contribution in [0.3, 0.4) is 0 Å². The first-order valence-electron chi connectivity index (χ1n) is 6.97. The Labute approximate surface area is 117 Å². The fourth-order valence-electron chi connectivity index (χ4n) is 2.87. The van der Waals surface area contributed by atoms with Gasteiger partial charge in [0.25, 0.3) is 5.91 Å². The number of amides is 1. The van der Waals surface area contributed by atoms with Gasteiger partial charge in [0.1, 0.15) is 5.82 Å². The lowest BCUT2D eigenvalue weighted by Gasteiger charge is -2.12. The molecule has 3 N–H and O–H groups in total. The van der Waals surface area contributed by atoms with E-state index in [2.05, 4.69) is 15.4 Å². The third-order valence-corrected chi connectivity index (χ3v) is 3.96. The smallest absolute Gasteiger partial charge is 0.255 e. The molecule has 0 bridgehead atoms. The molecular weight excluding hydrogens is 254 g/mol. The number of hydrogen-bond acceptors (Lipinski definition) is 4. The summed E-state index contributed by atoms with van der Waals surface area (Å²) in [6, 6.07) is 2.07. The Hall–Kier alpha value is -2.11. The van der Waals surface area contributed by atoms with Crippen molar-refractivity contribution in [1.29, 1.82) is 0 Å². The maximum atomic E-state index is 12.3. The van der Waals surface area contributed by atoms with Gasteiger partial charge in [-0.25, -0.2) is 4.98 Å². The number of fused-ring (bicyclic) bond motifs is 1. The van der Waals surface area contributed by atoms with Crippen LogP contribution in [0.4, 0.5) is 5.82 Å². The molecule has 3 rings (SSSR count). The Kier molecular flexibility index (Phi) is 3.08. The number of pyridine rings is 1. The molecule has 0 saturated heterocycles. The van der Waals surface area contributed by atoms with Gasteiger partial charge >= 0.3 is 0 Å². The van der Waals surface area contributed by atoms with Crippen LogP contribution in [0.1, 0.15) is 41.7 Å². The maximum absolute atomic E-state index is 12.3. The van der Waals surface area contributed by atoms with E-state index >= 15 is 0 Å². The van der Waals surface area contributed by atoms with Gasteiger partial charge < -0.3 is 11.1 Å². The number of aryl methyl sites for hydroxylation is 2. The number of anilines is 1. The normalized spacial score (nSPS) is 15.9. The highest BCUT2D eigenvalue weighted by Crippen LogP contribution is 2.22. The molecule has 6 nitrogen and oxygen atoms in total. The van der Waals surface area contributed by atoms with Crippen LogP contribution in [0.5, 0.6) is 0 Å². The largest absolute Gasteiger partial charge is 0.383 e. The summed E-state index contributed by atoms with van der Waals surface area (Å²) in [5.74, 6) is 0.128. The van der Waals surface area contributed by atoms with Gasteiger partial charge in [0, 0.05) is 18.5 Å². The van der Waals surface area contributed by atoms with Crippen LogP contribution >= 0.6 is 0 Å². The minimum Gasteiger partial charge on any atom is -0.383 e. The minimum absolute atomic E-state index is 0.132. The zero-order chi connectivity index (χ0) is 14.3. The number of nitrogen functional groups attached to an aromatic ring is 1. The highest BCUT2D eigenvalue weighted by molar-refractivity contribution is 6.01. The molecule has 1 amide bonds. The Morgan fingerprint density at radius 2 is 2.15 bits per heavy atom. The molecule has 0 spiro atoms. The second-order valence-electron chi connectivity index (χ2n) is 5.46. The summed E-state index contributed by atoms with van der Waals surface area (Å²) < 4.78 is 1.68. The number of aromatic nitrogens is 3. The van der Waals surface area contributed by atoms with Crippen LogP contribution in [0.2, 0.25) is 0 Å². The summed E-state index contributed by atoms with van der Waals surface area (Å²) in [5.41, 5.74) is 7.93. The molecule has 0 unspecified atom stereocenters. The number of carbonyl (C=O) groups excluding carboxylic acids is 1. The third-order valence-electron chi connectivity index (χ3n) is 3.96. The fourth-order valence-corrected chi connectivity index (χ4v) is 2.87. The number of rotatable bonds is 2. The molecule has 1 aliphatic rings. The topological polar surface area (TPSA) is 85.8 Å².